The van der Waals surface area contributed by atoms with Crippen molar-refractivity contribution in [2.75, 3.05) is 39.3 Å². The third-order valence-electron chi connectivity index (χ3n) is 4.45. The second-order valence-electron chi connectivity index (χ2n) is 6.23. The molecule has 0 radical (unpaired) electrons. The molecule has 144 valence electrons. The van der Waals surface area contributed by atoms with Crippen LogP contribution in [-0.2, 0) is 0 Å². The maximum atomic E-state index is 13.1. The van der Waals surface area contributed by atoms with Gasteiger partial charge in [0.15, 0.2) is 5.78 Å². The van der Waals surface area contributed by atoms with Crippen molar-refractivity contribution < 1.29 is 14.0 Å². The Balaban J connectivity index is 0.00000261. The van der Waals surface area contributed by atoms with Crippen molar-refractivity contribution in [1.82, 2.24) is 15.5 Å². The van der Waals surface area contributed by atoms with Gasteiger partial charge in [0.2, 0.25) is 0 Å². The van der Waals surface area contributed by atoms with E-state index in [9.17, 15) is 14.0 Å². The minimum atomic E-state index is -0.402. The van der Waals surface area contributed by atoms with E-state index in [2.05, 4.69) is 15.5 Å². The third kappa shape index (κ3) is 5.60. The van der Waals surface area contributed by atoms with Crippen molar-refractivity contribution in [3.8, 4) is 0 Å². The number of carbonyl (C=O) groups is 2. The van der Waals surface area contributed by atoms with Crippen molar-refractivity contribution in [2.45, 2.75) is 0 Å². The Morgan fingerprint density at radius 1 is 1.00 bits per heavy atom. The van der Waals surface area contributed by atoms with E-state index in [4.69, 9.17) is 0 Å². The first-order chi connectivity index (χ1) is 12.6. The van der Waals surface area contributed by atoms with Gasteiger partial charge in [0, 0.05) is 50.4 Å². The van der Waals surface area contributed by atoms with Crippen LogP contribution in [0.4, 0.5) is 4.39 Å². The van der Waals surface area contributed by atoms with Crippen molar-refractivity contribution >= 4 is 24.1 Å². The van der Waals surface area contributed by atoms with Gasteiger partial charge in [0.25, 0.3) is 5.91 Å². The number of nitrogens with one attached hydrogen (secondary N) is 2. The highest BCUT2D eigenvalue weighted by Crippen LogP contribution is 2.15. The molecule has 1 aliphatic rings. The molecule has 1 heterocycles. The van der Waals surface area contributed by atoms with Crippen LogP contribution in [0.3, 0.4) is 0 Å². The van der Waals surface area contributed by atoms with Gasteiger partial charge in [-0.3, -0.25) is 14.5 Å². The molecular weight excluding hydrogens is 369 g/mol. The zero-order valence-electron chi connectivity index (χ0n) is 14.9. The van der Waals surface area contributed by atoms with Crippen LogP contribution in [-0.4, -0.2) is 55.9 Å². The minimum absolute atomic E-state index is 0. The fourth-order valence-corrected chi connectivity index (χ4v) is 2.99. The van der Waals surface area contributed by atoms with Crippen LogP contribution < -0.4 is 10.6 Å². The number of carbonyl (C=O) groups excluding carboxylic acids is 2. The zero-order chi connectivity index (χ0) is 18.4. The lowest BCUT2D eigenvalue weighted by molar-refractivity contribution is 0.0936. The van der Waals surface area contributed by atoms with Gasteiger partial charge in [-0.05, 0) is 30.3 Å². The molecule has 0 aliphatic carbocycles. The number of benzene rings is 2. The SMILES string of the molecule is Cl.O=C(NCCN1CCNCC1)c1ccccc1C(=O)c1ccc(F)cc1. The van der Waals surface area contributed by atoms with Crippen LogP contribution in [0.5, 0.6) is 0 Å². The van der Waals surface area contributed by atoms with Crippen LogP contribution in [0, 0.1) is 5.82 Å². The van der Waals surface area contributed by atoms with Gasteiger partial charge < -0.3 is 10.6 Å². The van der Waals surface area contributed by atoms with Crippen molar-refractivity contribution in [3.63, 3.8) is 0 Å². The van der Waals surface area contributed by atoms with E-state index in [0.29, 0.717) is 23.2 Å². The lowest BCUT2D eigenvalue weighted by Gasteiger charge is -2.27. The third-order valence-corrected chi connectivity index (χ3v) is 4.45. The highest BCUT2D eigenvalue weighted by molar-refractivity contribution is 6.15. The molecule has 0 saturated carbocycles. The van der Waals surface area contributed by atoms with Gasteiger partial charge in [0.1, 0.15) is 5.82 Å². The molecule has 1 saturated heterocycles. The summed E-state index contributed by atoms with van der Waals surface area (Å²) >= 11 is 0. The molecule has 5 nitrogen and oxygen atoms in total. The largest absolute Gasteiger partial charge is 0.351 e. The zero-order valence-corrected chi connectivity index (χ0v) is 15.7. The van der Waals surface area contributed by atoms with Gasteiger partial charge in [-0.2, -0.15) is 0 Å². The number of hydrogen-bond acceptors (Lipinski definition) is 4. The van der Waals surface area contributed by atoms with Crippen LogP contribution >= 0.6 is 12.4 Å². The molecule has 7 heteroatoms. The second-order valence-corrected chi connectivity index (χ2v) is 6.23. The Morgan fingerprint density at radius 2 is 1.63 bits per heavy atom. The van der Waals surface area contributed by atoms with Crippen LogP contribution in [0.2, 0.25) is 0 Å². The normalized spacial score (nSPS) is 14.3. The van der Waals surface area contributed by atoms with Gasteiger partial charge in [-0.25, -0.2) is 4.39 Å². The Hall–Kier alpha value is -2.28. The van der Waals surface area contributed by atoms with Crippen molar-refractivity contribution in [3.05, 3.63) is 71.0 Å². The highest BCUT2D eigenvalue weighted by Gasteiger charge is 2.18. The summed E-state index contributed by atoms with van der Waals surface area (Å²) < 4.78 is 13.1. The number of piperazine rings is 1. The molecule has 0 bridgehead atoms. The molecule has 0 atom stereocenters. The fourth-order valence-electron chi connectivity index (χ4n) is 2.99. The summed E-state index contributed by atoms with van der Waals surface area (Å²) in [6.45, 7) is 5.16. The molecular formula is C20H23ClFN3O2. The molecule has 0 spiro atoms. The van der Waals surface area contributed by atoms with E-state index in [1.54, 1.807) is 24.3 Å². The van der Waals surface area contributed by atoms with E-state index < -0.39 is 5.82 Å². The maximum Gasteiger partial charge on any atom is 0.252 e. The number of nitrogens with zero attached hydrogens (tertiary/aromatic N) is 1. The summed E-state index contributed by atoms with van der Waals surface area (Å²) in [4.78, 5) is 27.5. The average molecular weight is 392 g/mol. The van der Waals surface area contributed by atoms with Crippen LogP contribution in [0.25, 0.3) is 0 Å². The number of halogens is 2. The molecule has 1 fully saturated rings. The second kappa shape index (κ2) is 10.2. The van der Waals surface area contributed by atoms with E-state index in [0.717, 1.165) is 32.7 Å². The van der Waals surface area contributed by atoms with Gasteiger partial charge in [0.05, 0.1) is 5.56 Å². The maximum absolute atomic E-state index is 13.1. The standard InChI is InChI=1S/C20H22FN3O2.ClH/c21-16-7-5-15(6-8-16)19(25)17-3-1-2-4-18(17)20(26)23-11-14-24-12-9-22-10-13-24;/h1-8,22H,9-14H2,(H,23,26);1H. The summed E-state index contributed by atoms with van der Waals surface area (Å²) in [7, 11) is 0. The van der Waals surface area contributed by atoms with Gasteiger partial charge in [-0.15, -0.1) is 12.4 Å². The molecule has 2 N–H and O–H groups in total. The predicted molar refractivity (Wildman–Crippen MR) is 105 cm³/mol. The summed E-state index contributed by atoms with van der Waals surface area (Å²) in [6, 6.07) is 12.0. The Morgan fingerprint density at radius 3 is 2.30 bits per heavy atom. The fraction of sp³-hybridized carbons (Fsp3) is 0.300. The van der Waals surface area contributed by atoms with Gasteiger partial charge in [-0.1, -0.05) is 18.2 Å². The number of ketones is 1. The first-order valence-corrected chi connectivity index (χ1v) is 8.76. The monoisotopic (exact) mass is 391 g/mol. The lowest BCUT2D eigenvalue weighted by Crippen LogP contribution is -2.46. The average Bonchev–Trinajstić information content (AvgIpc) is 2.69. The van der Waals surface area contributed by atoms with E-state index in [1.165, 1.54) is 24.3 Å². The molecule has 2 aromatic carbocycles. The van der Waals surface area contributed by atoms with E-state index >= 15 is 0 Å². The molecule has 1 aliphatic heterocycles. The van der Waals surface area contributed by atoms with E-state index in [-0.39, 0.29) is 24.1 Å². The molecule has 0 unspecified atom stereocenters. The quantitative estimate of drug-likeness (QED) is 0.740. The number of rotatable bonds is 6. The minimum Gasteiger partial charge on any atom is -0.351 e. The molecule has 27 heavy (non-hydrogen) atoms. The highest BCUT2D eigenvalue weighted by atomic mass is 35.5. The lowest BCUT2D eigenvalue weighted by atomic mass is 9.98. The van der Waals surface area contributed by atoms with Crippen LogP contribution in [0.1, 0.15) is 26.3 Å². The van der Waals surface area contributed by atoms with Crippen LogP contribution in [0.15, 0.2) is 48.5 Å². The molecule has 2 aromatic rings. The Bertz CT molecular complexity index is 777. The summed E-state index contributed by atoms with van der Waals surface area (Å²) in [5.41, 5.74) is 1.01. The predicted octanol–water partition coefficient (Wildman–Crippen LogP) is 2.11. The van der Waals surface area contributed by atoms with E-state index in [1.807, 2.05) is 0 Å². The summed E-state index contributed by atoms with van der Waals surface area (Å²) in [6.07, 6.45) is 0. The number of amides is 1. The van der Waals surface area contributed by atoms with Gasteiger partial charge >= 0.3 is 0 Å². The molecule has 3 rings (SSSR count). The molecule has 1 amide bonds. The first kappa shape index (κ1) is 21.0. The number of hydrogen-bond donors (Lipinski definition) is 2. The van der Waals surface area contributed by atoms with Crippen molar-refractivity contribution in [2.24, 2.45) is 0 Å². The molecule has 0 aromatic heterocycles. The first-order valence-electron chi connectivity index (χ1n) is 8.76. The topological polar surface area (TPSA) is 61.4 Å². The summed E-state index contributed by atoms with van der Waals surface area (Å²) in [5, 5.41) is 6.18. The Kier molecular flexibility index (Phi) is 7.91. The Labute approximate surface area is 164 Å². The summed E-state index contributed by atoms with van der Waals surface area (Å²) in [5.74, 6) is -0.968. The smallest absolute Gasteiger partial charge is 0.252 e. The van der Waals surface area contributed by atoms with Crippen molar-refractivity contribution in [1.29, 1.82) is 0 Å².